The van der Waals surface area contributed by atoms with Crippen LogP contribution in [0.3, 0.4) is 0 Å². The summed E-state index contributed by atoms with van der Waals surface area (Å²) in [5.41, 5.74) is 1.79. The van der Waals surface area contributed by atoms with Crippen LogP contribution in [-0.2, 0) is 19.1 Å². The van der Waals surface area contributed by atoms with Crippen LogP contribution in [0.4, 0.5) is 23.4 Å². The molecule has 0 fully saturated rings. The Morgan fingerprint density at radius 2 is 1.86 bits per heavy atom. The van der Waals surface area contributed by atoms with E-state index in [4.69, 9.17) is 0 Å². The van der Waals surface area contributed by atoms with Crippen LogP contribution in [0.2, 0.25) is 0 Å². The molecule has 0 amide bonds. The van der Waals surface area contributed by atoms with Crippen LogP contribution >= 0.6 is 0 Å². The fourth-order valence-electron chi connectivity index (χ4n) is 3.18. The number of rotatable bonds is 5. The van der Waals surface area contributed by atoms with Crippen molar-refractivity contribution in [2.75, 3.05) is 5.32 Å². The van der Waals surface area contributed by atoms with Crippen molar-refractivity contribution in [3.63, 3.8) is 0 Å². The Bertz CT molecular complexity index is 1130. The highest BCUT2D eigenvalue weighted by atomic mass is 19.4. The van der Waals surface area contributed by atoms with E-state index in [-0.39, 0.29) is 12.1 Å². The van der Waals surface area contributed by atoms with Gasteiger partial charge in [0.15, 0.2) is 0 Å². The third kappa shape index (κ3) is 4.21. The van der Waals surface area contributed by atoms with Gasteiger partial charge in [0.25, 0.3) is 0 Å². The summed E-state index contributed by atoms with van der Waals surface area (Å²) in [6.45, 7) is -0.187. The van der Waals surface area contributed by atoms with Gasteiger partial charge in [0, 0.05) is 36.9 Å². The molecular formula is C21H16F4N4. The summed E-state index contributed by atoms with van der Waals surface area (Å²) in [6, 6.07) is 9.82. The van der Waals surface area contributed by atoms with E-state index in [1.54, 1.807) is 18.5 Å². The maximum absolute atomic E-state index is 13.4. The Morgan fingerprint density at radius 1 is 1.00 bits per heavy atom. The van der Waals surface area contributed by atoms with Crippen molar-refractivity contribution in [1.82, 2.24) is 15.0 Å². The molecule has 0 spiro atoms. The van der Waals surface area contributed by atoms with Gasteiger partial charge in [-0.25, -0.2) is 14.4 Å². The van der Waals surface area contributed by atoms with E-state index in [0.29, 0.717) is 12.2 Å². The van der Waals surface area contributed by atoms with Crippen molar-refractivity contribution >= 4 is 16.9 Å². The lowest BCUT2D eigenvalue weighted by atomic mass is 10.1. The molecule has 0 saturated heterocycles. The van der Waals surface area contributed by atoms with Crippen LogP contribution in [0.5, 0.6) is 0 Å². The van der Waals surface area contributed by atoms with Crippen molar-refractivity contribution in [3.05, 3.63) is 89.1 Å². The number of nitrogens with zero attached hydrogens (tertiary/aromatic N) is 2. The lowest BCUT2D eigenvalue weighted by Gasteiger charge is -2.14. The van der Waals surface area contributed by atoms with E-state index < -0.39 is 17.6 Å². The molecule has 0 atom stereocenters. The molecule has 0 aliphatic heterocycles. The number of aromatic amines is 1. The number of H-pyrrole nitrogens is 1. The molecule has 4 aromatic rings. The predicted octanol–water partition coefficient (Wildman–Crippen LogP) is 5.32. The molecule has 3 aromatic heterocycles. The van der Waals surface area contributed by atoms with Gasteiger partial charge < -0.3 is 10.3 Å². The van der Waals surface area contributed by atoms with Crippen molar-refractivity contribution < 1.29 is 17.6 Å². The minimum absolute atomic E-state index is 0.172. The first-order valence-electron chi connectivity index (χ1n) is 8.85. The number of anilines is 1. The number of pyridine rings is 2. The molecule has 0 saturated carbocycles. The molecule has 4 rings (SSSR count). The molecule has 4 nitrogen and oxygen atoms in total. The van der Waals surface area contributed by atoms with E-state index in [9.17, 15) is 17.6 Å². The number of benzene rings is 1. The minimum Gasteiger partial charge on any atom is -0.366 e. The van der Waals surface area contributed by atoms with Crippen LogP contribution in [0, 0.1) is 5.82 Å². The molecule has 0 bridgehead atoms. The van der Waals surface area contributed by atoms with Crippen molar-refractivity contribution in [3.8, 4) is 0 Å². The van der Waals surface area contributed by atoms with Crippen LogP contribution in [0.1, 0.15) is 22.3 Å². The van der Waals surface area contributed by atoms with E-state index in [1.807, 2.05) is 24.4 Å². The number of halogens is 4. The van der Waals surface area contributed by atoms with Crippen LogP contribution < -0.4 is 5.32 Å². The number of alkyl halides is 3. The van der Waals surface area contributed by atoms with Gasteiger partial charge in [-0.2, -0.15) is 13.2 Å². The Hall–Kier alpha value is -3.42. The maximum Gasteiger partial charge on any atom is 0.416 e. The Balaban J connectivity index is 1.46. The molecule has 148 valence electrons. The number of hydrogen-bond donors (Lipinski definition) is 2. The molecular weight excluding hydrogens is 384 g/mol. The number of nitrogens with one attached hydrogen (secondary N) is 2. The molecule has 8 heteroatoms. The number of hydrogen-bond acceptors (Lipinski definition) is 3. The van der Waals surface area contributed by atoms with Gasteiger partial charge >= 0.3 is 6.18 Å². The topological polar surface area (TPSA) is 53.6 Å². The van der Waals surface area contributed by atoms with E-state index in [1.165, 1.54) is 0 Å². The van der Waals surface area contributed by atoms with Crippen LogP contribution in [-0.4, -0.2) is 15.0 Å². The van der Waals surface area contributed by atoms with Crippen molar-refractivity contribution in [2.45, 2.75) is 19.1 Å². The lowest BCUT2D eigenvalue weighted by molar-refractivity contribution is -0.138. The number of fused-ring (bicyclic) bond motifs is 1. The summed E-state index contributed by atoms with van der Waals surface area (Å²) < 4.78 is 52.6. The predicted molar refractivity (Wildman–Crippen MR) is 102 cm³/mol. The summed E-state index contributed by atoms with van der Waals surface area (Å²) in [5, 5.41) is 3.85. The van der Waals surface area contributed by atoms with Crippen LogP contribution in [0.25, 0.3) is 11.0 Å². The zero-order valence-corrected chi connectivity index (χ0v) is 15.1. The molecule has 0 radical (unpaired) electrons. The first-order chi connectivity index (χ1) is 13.9. The van der Waals surface area contributed by atoms with Crippen molar-refractivity contribution in [2.24, 2.45) is 0 Å². The van der Waals surface area contributed by atoms with E-state index >= 15 is 0 Å². The van der Waals surface area contributed by atoms with Crippen LogP contribution in [0.15, 0.2) is 61.1 Å². The smallest absolute Gasteiger partial charge is 0.366 e. The fourth-order valence-corrected chi connectivity index (χ4v) is 3.18. The summed E-state index contributed by atoms with van der Waals surface area (Å²) in [4.78, 5) is 11.6. The highest BCUT2D eigenvalue weighted by Crippen LogP contribution is 2.32. The Kier molecular flexibility index (Phi) is 4.92. The standard InChI is InChI=1S/C21H16F4N4/c22-16-4-5-18(21(23,24)25)15(9-16)12-28-19-6-3-13(10-27-19)8-14-11-29-20-17(14)2-1-7-26-20/h1-7,9-11H,8,12H2,(H,26,29)(H,27,28). The maximum atomic E-state index is 13.4. The van der Waals surface area contributed by atoms with Gasteiger partial charge in [0.2, 0.25) is 0 Å². The normalized spacial score (nSPS) is 11.7. The van der Waals surface area contributed by atoms with E-state index in [2.05, 4.69) is 20.3 Å². The summed E-state index contributed by atoms with van der Waals surface area (Å²) in [7, 11) is 0. The van der Waals surface area contributed by atoms with Crippen molar-refractivity contribution in [1.29, 1.82) is 0 Å². The van der Waals surface area contributed by atoms with E-state index in [0.717, 1.165) is 40.4 Å². The molecule has 3 heterocycles. The van der Waals surface area contributed by atoms with Gasteiger partial charge in [0.1, 0.15) is 17.3 Å². The summed E-state index contributed by atoms with van der Waals surface area (Å²) in [6.07, 6.45) is 1.37. The molecule has 0 aliphatic carbocycles. The average molecular weight is 400 g/mol. The monoisotopic (exact) mass is 400 g/mol. The minimum atomic E-state index is -4.55. The second-order valence-electron chi connectivity index (χ2n) is 6.59. The second-order valence-corrected chi connectivity index (χ2v) is 6.59. The first kappa shape index (κ1) is 18.9. The zero-order valence-electron chi connectivity index (χ0n) is 15.1. The number of aromatic nitrogens is 3. The molecule has 0 aliphatic rings. The molecule has 1 aromatic carbocycles. The molecule has 2 N–H and O–H groups in total. The van der Waals surface area contributed by atoms with Gasteiger partial charge in [-0.1, -0.05) is 6.07 Å². The second kappa shape index (κ2) is 7.54. The van der Waals surface area contributed by atoms with Gasteiger partial charge in [-0.15, -0.1) is 0 Å². The fraction of sp³-hybridized carbons (Fsp3) is 0.143. The molecule has 29 heavy (non-hydrogen) atoms. The zero-order chi connectivity index (χ0) is 20.4. The average Bonchev–Trinajstić information content (AvgIpc) is 3.09. The Morgan fingerprint density at radius 3 is 2.62 bits per heavy atom. The third-order valence-electron chi connectivity index (χ3n) is 4.59. The summed E-state index contributed by atoms with van der Waals surface area (Å²) in [5.74, 6) is -0.307. The molecule has 0 unspecified atom stereocenters. The SMILES string of the molecule is Fc1ccc(C(F)(F)F)c(CNc2ccc(Cc3c[nH]c4ncccc34)cn2)c1. The van der Waals surface area contributed by atoms with Gasteiger partial charge in [-0.3, -0.25) is 0 Å². The van der Waals surface area contributed by atoms with Gasteiger partial charge in [0.05, 0.1) is 5.56 Å². The highest BCUT2D eigenvalue weighted by Gasteiger charge is 2.33. The van der Waals surface area contributed by atoms with Gasteiger partial charge in [-0.05, 0) is 53.1 Å². The summed E-state index contributed by atoms with van der Waals surface area (Å²) >= 11 is 0. The first-order valence-corrected chi connectivity index (χ1v) is 8.85. The highest BCUT2D eigenvalue weighted by molar-refractivity contribution is 5.79. The quantitative estimate of drug-likeness (QED) is 0.446. The third-order valence-corrected chi connectivity index (χ3v) is 4.59. The largest absolute Gasteiger partial charge is 0.416 e. The lowest BCUT2D eigenvalue weighted by Crippen LogP contribution is -2.12. The Labute approximate surface area is 163 Å².